The minimum absolute atomic E-state index is 0.0622. The molecule has 0 aromatic heterocycles. The summed E-state index contributed by atoms with van der Waals surface area (Å²) in [6.45, 7) is 1.94. The van der Waals surface area contributed by atoms with Crippen LogP contribution in [-0.2, 0) is 14.4 Å². The number of nitrogens with zero attached hydrogens (tertiary/aromatic N) is 1. The first kappa shape index (κ1) is 15.1. The number of anilines is 2. The Morgan fingerprint density at radius 1 is 1.17 bits per heavy atom. The summed E-state index contributed by atoms with van der Waals surface area (Å²) >= 11 is 0. The number of carbonyl (C=O) groups excluding carboxylic acids is 3. The molecule has 124 valence electrons. The van der Waals surface area contributed by atoms with Crippen LogP contribution in [0.25, 0.3) is 0 Å². The standard InChI is InChI=1S/C19H20N2O3/c1-2-4-15(22)20-13-5-3-6-14(10-13)21-18(23)16-11-7-8-12(9-11)17(16)19(21)24/h3,5-8,10-12,16-17H,2,4,9H2,1H3,(H,20,22)/t11-,12-,16-,17-/m0/s1. The maximum Gasteiger partial charge on any atom is 0.238 e. The normalized spacial score (nSPS) is 30.1. The summed E-state index contributed by atoms with van der Waals surface area (Å²) in [7, 11) is 0. The third kappa shape index (κ3) is 2.19. The second-order valence-corrected chi connectivity index (χ2v) is 6.86. The quantitative estimate of drug-likeness (QED) is 0.684. The Morgan fingerprint density at radius 2 is 1.83 bits per heavy atom. The van der Waals surface area contributed by atoms with Crippen LogP contribution in [0.1, 0.15) is 26.2 Å². The van der Waals surface area contributed by atoms with Crippen molar-refractivity contribution in [3.63, 3.8) is 0 Å². The fourth-order valence-corrected chi connectivity index (χ4v) is 4.33. The molecule has 4 atom stereocenters. The zero-order chi connectivity index (χ0) is 16.8. The minimum Gasteiger partial charge on any atom is -0.326 e. The lowest BCUT2D eigenvalue weighted by molar-refractivity contribution is -0.123. The van der Waals surface area contributed by atoms with E-state index in [1.807, 2.05) is 6.92 Å². The van der Waals surface area contributed by atoms with E-state index >= 15 is 0 Å². The number of hydrogen-bond acceptors (Lipinski definition) is 3. The largest absolute Gasteiger partial charge is 0.326 e. The monoisotopic (exact) mass is 324 g/mol. The molecule has 0 spiro atoms. The summed E-state index contributed by atoms with van der Waals surface area (Å²) in [6, 6.07) is 6.99. The summed E-state index contributed by atoms with van der Waals surface area (Å²) in [4.78, 5) is 38.7. The van der Waals surface area contributed by atoms with Crippen molar-refractivity contribution in [2.75, 3.05) is 10.2 Å². The summed E-state index contributed by atoms with van der Waals surface area (Å²) in [6.07, 6.45) is 6.32. The van der Waals surface area contributed by atoms with Gasteiger partial charge in [0.1, 0.15) is 0 Å². The van der Waals surface area contributed by atoms with Gasteiger partial charge < -0.3 is 5.32 Å². The molecule has 2 aliphatic carbocycles. The average molecular weight is 324 g/mol. The maximum atomic E-state index is 12.8. The Balaban J connectivity index is 1.60. The molecule has 1 heterocycles. The lowest BCUT2D eigenvalue weighted by Crippen LogP contribution is -2.32. The van der Waals surface area contributed by atoms with E-state index in [4.69, 9.17) is 0 Å². The highest BCUT2D eigenvalue weighted by molar-refractivity contribution is 6.23. The molecule has 3 amide bonds. The van der Waals surface area contributed by atoms with Gasteiger partial charge in [0.25, 0.3) is 0 Å². The third-order valence-electron chi connectivity index (χ3n) is 5.34. The van der Waals surface area contributed by atoms with E-state index in [0.29, 0.717) is 17.8 Å². The second kappa shape index (κ2) is 5.58. The van der Waals surface area contributed by atoms with E-state index in [2.05, 4.69) is 17.5 Å². The predicted octanol–water partition coefficient (Wildman–Crippen LogP) is 2.74. The van der Waals surface area contributed by atoms with E-state index in [9.17, 15) is 14.4 Å². The van der Waals surface area contributed by atoms with E-state index < -0.39 is 0 Å². The number of benzene rings is 1. The van der Waals surface area contributed by atoms with Gasteiger partial charge in [0, 0.05) is 12.1 Å². The Bertz CT molecular complexity index is 725. The van der Waals surface area contributed by atoms with Crippen LogP contribution in [0.4, 0.5) is 11.4 Å². The molecule has 2 bridgehead atoms. The van der Waals surface area contributed by atoms with Gasteiger partial charge in [-0.05, 0) is 42.9 Å². The van der Waals surface area contributed by atoms with Crippen molar-refractivity contribution in [3.8, 4) is 0 Å². The molecule has 1 aromatic rings. The Labute approximate surface area is 140 Å². The van der Waals surface area contributed by atoms with Gasteiger partial charge in [0.15, 0.2) is 0 Å². The van der Waals surface area contributed by atoms with Crippen LogP contribution in [0.5, 0.6) is 0 Å². The molecule has 3 aliphatic rings. The number of hydrogen-bond donors (Lipinski definition) is 1. The van der Waals surface area contributed by atoms with E-state index in [0.717, 1.165) is 12.8 Å². The van der Waals surface area contributed by atoms with E-state index in [1.54, 1.807) is 24.3 Å². The second-order valence-electron chi connectivity index (χ2n) is 6.86. The number of allylic oxidation sites excluding steroid dienone is 2. The molecule has 1 N–H and O–H groups in total. The summed E-state index contributed by atoms with van der Waals surface area (Å²) < 4.78 is 0. The van der Waals surface area contributed by atoms with Gasteiger partial charge in [-0.1, -0.05) is 25.1 Å². The van der Waals surface area contributed by atoms with E-state index in [1.165, 1.54) is 4.90 Å². The Hall–Kier alpha value is -2.43. The highest BCUT2D eigenvalue weighted by Gasteiger charge is 2.59. The molecule has 5 nitrogen and oxygen atoms in total. The lowest BCUT2D eigenvalue weighted by Gasteiger charge is -2.18. The fourth-order valence-electron chi connectivity index (χ4n) is 4.33. The highest BCUT2D eigenvalue weighted by Crippen LogP contribution is 2.53. The number of fused-ring (bicyclic) bond motifs is 5. The molecule has 5 heteroatoms. The van der Waals surface area contributed by atoms with Crippen LogP contribution in [0.15, 0.2) is 36.4 Å². The van der Waals surface area contributed by atoms with Crippen LogP contribution in [0.2, 0.25) is 0 Å². The molecule has 1 saturated heterocycles. The minimum atomic E-state index is -0.203. The average Bonchev–Trinajstić information content (AvgIpc) is 3.22. The van der Waals surface area contributed by atoms with Crippen LogP contribution in [0.3, 0.4) is 0 Å². The van der Waals surface area contributed by atoms with Crippen LogP contribution in [0, 0.1) is 23.7 Å². The van der Waals surface area contributed by atoms with Gasteiger partial charge in [0.2, 0.25) is 17.7 Å². The summed E-state index contributed by atoms with van der Waals surface area (Å²) in [5, 5.41) is 2.82. The molecular weight excluding hydrogens is 304 g/mol. The van der Waals surface area contributed by atoms with Gasteiger partial charge >= 0.3 is 0 Å². The first-order valence-electron chi connectivity index (χ1n) is 8.56. The summed E-state index contributed by atoms with van der Waals surface area (Å²) in [5.41, 5.74) is 1.16. The van der Waals surface area contributed by atoms with Crippen molar-refractivity contribution >= 4 is 29.1 Å². The predicted molar refractivity (Wildman–Crippen MR) is 90.2 cm³/mol. The van der Waals surface area contributed by atoms with Gasteiger partial charge in [0.05, 0.1) is 17.5 Å². The molecule has 1 saturated carbocycles. The van der Waals surface area contributed by atoms with Crippen molar-refractivity contribution in [2.45, 2.75) is 26.2 Å². The third-order valence-corrected chi connectivity index (χ3v) is 5.34. The van der Waals surface area contributed by atoms with Crippen molar-refractivity contribution in [2.24, 2.45) is 23.7 Å². The molecule has 24 heavy (non-hydrogen) atoms. The molecule has 1 aromatic carbocycles. The lowest BCUT2D eigenvalue weighted by atomic mass is 9.85. The highest BCUT2D eigenvalue weighted by atomic mass is 16.2. The first-order valence-corrected chi connectivity index (χ1v) is 8.56. The molecule has 1 aliphatic heterocycles. The topological polar surface area (TPSA) is 66.5 Å². The van der Waals surface area contributed by atoms with Crippen molar-refractivity contribution in [1.29, 1.82) is 0 Å². The zero-order valence-corrected chi connectivity index (χ0v) is 13.6. The number of amides is 3. The maximum absolute atomic E-state index is 12.8. The number of imide groups is 1. The van der Waals surface area contributed by atoms with Crippen molar-refractivity contribution in [3.05, 3.63) is 36.4 Å². The van der Waals surface area contributed by atoms with E-state index in [-0.39, 0.29) is 41.4 Å². The number of carbonyl (C=O) groups is 3. The Kier molecular flexibility index (Phi) is 3.52. The van der Waals surface area contributed by atoms with Crippen LogP contribution in [-0.4, -0.2) is 17.7 Å². The molecule has 0 radical (unpaired) electrons. The number of rotatable bonds is 4. The van der Waals surface area contributed by atoms with Crippen molar-refractivity contribution in [1.82, 2.24) is 0 Å². The zero-order valence-electron chi connectivity index (χ0n) is 13.6. The molecule has 0 unspecified atom stereocenters. The first-order chi connectivity index (χ1) is 11.6. The van der Waals surface area contributed by atoms with Crippen LogP contribution >= 0.6 is 0 Å². The van der Waals surface area contributed by atoms with Gasteiger partial charge in [-0.25, -0.2) is 4.90 Å². The van der Waals surface area contributed by atoms with Gasteiger partial charge in [-0.2, -0.15) is 0 Å². The molecule has 2 fully saturated rings. The van der Waals surface area contributed by atoms with Gasteiger partial charge in [-0.15, -0.1) is 0 Å². The number of nitrogens with one attached hydrogen (secondary N) is 1. The fraction of sp³-hybridized carbons (Fsp3) is 0.421. The molecular formula is C19H20N2O3. The molecule has 4 rings (SSSR count). The smallest absolute Gasteiger partial charge is 0.238 e. The summed E-state index contributed by atoms with van der Waals surface area (Å²) in [5.74, 6) is -0.259. The van der Waals surface area contributed by atoms with Crippen LogP contribution < -0.4 is 10.2 Å². The van der Waals surface area contributed by atoms with Gasteiger partial charge in [-0.3, -0.25) is 14.4 Å². The Morgan fingerprint density at radius 3 is 2.46 bits per heavy atom. The van der Waals surface area contributed by atoms with Crippen molar-refractivity contribution < 1.29 is 14.4 Å². The SMILES string of the molecule is CCCC(=O)Nc1cccc(N2C(=O)[C@@H]3[C@@H](C2=O)[C@H]2C=C[C@H]3C2)c1.